The Hall–Kier alpha value is -3.33. The Labute approximate surface area is 166 Å². The van der Waals surface area contributed by atoms with Crippen molar-refractivity contribution in [3.8, 4) is 33.6 Å². The number of hydrogen-bond acceptors (Lipinski definition) is 8. The first kappa shape index (κ1) is 19.4. The third kappa shape index (κ3) is 4.15. The molecule has 0 bridgehead atoms. The van der Waals surface area contributed by atoms with Crippen molar-refractivity contribution in [3.05, 3.63) is 42.0 Å². The summed E-state index contributed by atoms with van der Waals surface area (Å²) in [5, 5.41) is 11.9. The number of nitrogens with zero attached hydrogens (tertiary/aromatic N) is 2. The minimum absolute atomic E-state index is 0.346. The highest BCUT2D eigenvalue weighted by Gasteiger charge is 2.16. The first-order valence-corrected chi connectivity index (χ1v) is 9.00. The number of aromatic nitrogens is 2. The smallest absolute Gasteiger partial charge is 0.257 e. The van der Waals surface area contributed by atoms with E-state index in [1.165, 1.54) is 25.6 Å². The van der Waals surface area contributed by atoms with Crippen LogP contribution >= 0.6 is 11.3 Å². The van der Waals surface area contributed by atoms with Crippen molar-refractivity contribution in [2.45, 2.75) is 0 Å². The molecular weight excluding hydrogens is 382 g/mol. The van der Waals surface area contributed by atoms with Gasteiger partial charge >= 0.3 is 0 Å². The van der Waals surface area contributed by atoms with Gasteiger partial charge in [-0.15, -0.1) is 10.2 Å². The number of benzene rings is 2. The van der Waals surface area contributed by atoms with E-state index in [2.05, 4.69) is 15.5 Å². The summed E-state index contributed by atoms with van der Waals surface area (Å²) < 4.78 is 21.0. The largest absolute Gasteiger partial charge is 0.497 e. The van der Waals surface area contributed by atoms with Crippen molar-refractivity contribution >= 4 is 22.4 Å². The second-order valence-electron chi connectivity index (χ2n) is 5.53. The molecule has 0 aliphatic heterocycles. The van der Waals surface area contributed by atoms with Crippen LogP contribution in [0.2, 0.25) is 0 Å². The standard InChI is InChI=1S/C19H19N3O5S/c1-24-12-5-6-15(16(10-12)27-4)18-21-22-19(28-18)20-17(23)11-7-13(25-2)9-14(8-11)26-3/h5-10H,1-4H3,(H,20,22,23). The second kappa shape index (κ2) is 8.57. The third-order valence-corrected chi connectivity index (χ3v) is 4.77. The molecule has 146 valence electrons. The molecule has 0 aliphatic carbocycles. The van der Waals surface area contributed by atoms with Crippen LogP contribution in [0.3, 0.4) is 0 Å². The molecule has 28 heavy (non-hydrogen) atoms. The van der Waals surface area contributed by atoms with Crippen molar-refractivity contribution in [2.24, 2.45) is 0 Å². The SMILES string of the molecule is COc1cc(OC)cc(C(=O)Nc2nnc(-c3ccc(OC)cc3OC)s2)c1. The van der Waals surface area contributed by atoms with Crippen LogP contribution in [0.25, 0.3) is 10.6 Å². The zero-order valence-corrected chi connectivity index (χ0v) is 16.6. The lowest BCUT2D eigenvalue weighted by Gasteiger charge is -2.08. The van der Waals surface area contributed by atoms with Crippen molar-refractivity contribution < 1.29 is 23.7 Å². The monoisotopic (exact) mass is 401 g/mol. The van der Waals surface area contributed by atoms with Gasteiger partial charge < -0.3 is 18.9 Å². The lowest BCUT2D eigenvalue weighted by molar-refractivity contribution is 0.102. The van der Waals surface area contributed by atoms with E-state index >= 15 is 0 Å². The second-order valence-corrected chi connectivity index (χ2v) is 6.51. The highest BCUT2D eigenvalue weighted by Crippen LogP contribution is 2.36. The lowest BCUT2D eigenvalue weighted by atomic mass is 10.2. The summed E-state index contributed by atoms with van der Waals surface area (Å²) in [4.78, 5) is 12.6. The average Bonchev–Trinajstić information content (AvgIpc) is 3.20. The molecule has 9 heteroatoms. The van der Waals surface area contributed by atoms with Crippen molar-refractivity contribution in [1.82, 2.24) is 10.2 Å². The van der Waals surface area contributed by atoms with E-state index in [-0.39, 0.29) is 5.91 Å². The van der Waals surface area contributed by atoms with Crippen LogP contribution in [-0.2, 0) is 0 Å². The Bertz CT molecular complexity index is 967. The highest BCUT2D eigenvalue weighted by atomic mass is 32.1. The average molecular weight is 401 g/mol. The van der Waals surface area contributed by atoms with Gasteiger partial charge in [0.25, 0.3) is 5.91 Å². The molecular formula is C19H19N3O5S. The van der Waals surface area contributed by atoms with E-state index in [9.17, 15) is 4.79 Å². The Morgan fingerprint density at radius 3 is 2.14 bits per heavy atom. The summed E-state index contributed by atoms with van der Waals surface area (Å²) in [6.45, 7) is 0. The van der Waals surface area contributed by atoms with Gasteiger partial charge in [0.1, 0.15) is 23.0 Å². The van der Waals surface area contributed by atoms with Gasteiger partial charge in [0.2, 0.25) is 5.13 Å². The van der Waals surface area contributed by atoms with E-state index in [0.29, 0.717) is 38.7 Å². The number of carbonyl (C=O) groups excluding carboxylic acids is 1. The Morgan fingerprint density at radius 1 is 0.857 bits per heavy atom. The molecule has 1 N–H and O–H groups in total. The first-order valence-electron chi connectivity index (χ1n) is 8.18. The quantitative estimate of drug-likeness (QED) is 0.648. The maximum absolute atomic E-state index is 12.6. The zero-order valence-electron chi connectivity index (χ0n) is 15.8. The number of amides is 1. The van der Waals surface area contributed by atoms with E-state index in [1.807, 2.05) is 6.07 Å². The molecule has 0 aliphatic rings. The van der Waals surface area contributed by atoms with E-state index in [4.69, 9.17) is 18.9 Å². The first-order chi connectivity index (χ1) is 13.6. The van der Waals surface area contributed by atoms with Gasteiger partial charge in [0.05, 0.1) is 34.0 Å². The van der Waals surface area contributed by atoms with Gasteiger partial charge in [-0.05, 0) is 24.3 Å². The fraction of sp³-hybridized carbons (Fsp3) is 0.211. The van der Waals surface area contributed by atoms with Crippen molar-refractivity contribution in [2.75, 3.05) is 33.8 Å². The normalized spacial score (nSPS) is 10.3. The van der Waals surface area contributed by atoms with Gasteiger partial charge in [-0.2, -0.15) is 0 Å². The fourth-order valence-electron chi connectivity index (χ4n) is 2.47. The molecule has 8 nitrogen and oxygen atoms in total. The lowest BCUT2D eigenvalue weighted by Crippen LogP contribution is -2.12. The molecule has 1 aromatic heterocycles. The molecule has 0 saturated carbocycles. The van der Waals surface area contributed by atoms with Gasteiger partial charge in [-0.1, -0.05) is 11.3 Å². The number of hydrogen-bond donors (Lipinski definition) is 1. The summed E-state index contributed by atoms with van der Waals surface area (Å²) in [5.41, 5.74) is 1.14. The number of nitrogens with one attached hydrogen (secondary N) is 1. The maximum atomic E-state index is 12.6. The van der Waals surface area contributed by atoms with Crippen LogP contribution in [0, 0.1) is 0 Å². The van der Waals surface area contributed by atoms with Crippen LogP contribution in [0.15, 0.2) is 36.4 Å². The topological polar surface area (TPSA) is 91.8 Å². The number of rotatable bonds is 7. The van der Waals surface area contributed by atoms with Crippen molar-refractivity contribution in [3.63, 3.8) is 0 Å². The number of methoxy groups -OCH3 is 4. The van der Waals surface area contributed by atoms with E-state index < -0.39 is 0 Å². The van der Waals surface area contributed by atoms with E-state index in [1.54, 1.807) is 44.6 Å². The van der Waals surface area contributed by atoms with Gasteiger partial charge in [-0.3, -0.25) is 10.1 Å². The fourth-order valence-corrected chi connectivity index (χ4v) is 3.23. The van der Waals surface area contributed by atoms with Gasteiger partial charge in [0, 0.05) is 17.7 Å². The van der Waals surface area contributed by atoms with Crippen LogP contribution < -0.4 is 24.3 Å². The molecule has 0 radical (unpaired) electrons. The third-order valence-electron chi connectivity index (χ3n) is 3.90. The van der Waals surface area contributed by atoms with Gasteiger partial charge in [-0.25, -0.2) is 0 Å². The molecule has 3 rings (SSSR count). The summed E-state index contributed by atoms with van der Waals surface area (Å²) in [5.74, 6) is 1.97. The van der Waals surface area contributed by atoms with E-state index in [0.717, 1.165) is 5.56 Å². The summed E-state index contributed by atoms with van der Waals surface area (Å²) in [6, 6.07) is 10.3. The van der Waals surface area contributed by atoms with Crippen molar-refractivity contribution in [1.29, 1.82) is 0 Å². The molecule has 0 fully saturated rings. The molecule has 0 atom stereocenters. The molecule has 1 heterocycles. The minimum atomic E-state index is -0.346. The minimum Gasteiger partial charge on any atom is -0.497 e. The predicted octanol–water partition coefficient (Wildman–Crippen LogP) is 3.49. The van der Waals surface area contributed by atoms with Crippen LogP contribution in [0.5, 0.6) is 23.0 Å². The zero-order chi connectivity index (χ0) is 20.1. The summed E-state index contributed by atoms with van der Waals surface area (Å²) >= 11 is 1.23. The number of anilines is 1. The Balaban J connectivity index is 1.83. The van der Waals surface area contributed by atoms with Gasteiger partial charge in [0.15, 0.2) is 5.01 Å². The van der Waals surface area contributed by atoms with Crippen LogP contribution in [-0.4, -0.2) is 44.5 Å². The molecule has 2 aromatic carbocycles. The molecule has 0 spiro atoms. The molecule has 0 saturated heterocycles. The summed E-state index contributed by atoms with van der Waals surface area (Å²) in [7, 11) is 6.20. The predicted molar refractivity (Wildman–Crippen MR) is 106 cm³/mol. The van der Waals surface area contributed by atoms with Crippen LogP contribution in [0.4, 0.5) is 5.13 Å². The molecule has 3 aromatic rings. The highest BCUT2D eigenvalue weighted by molar-refractivity contribution is 7.18. The van der Waals surface area contributed by atoms with Crippen LogP contribution in [0.1, 0.15) is 10.4 Å². The molecule has 1 amide bonds. The maximum Gasteiger partial charge on any atom is 0.257 e. The Morgan fingerprint density at radius 2 is 1.54 bits per heavy atom. The number of ether oxygens (including phenoxy) is 4. The summed E-state index contributed by atoms with van der Waals surface area (Å²) in [6.07, 6.45) is 0. The Kier molecular flexibility index (Phi) is 5.95. The number of carbonyl (C=O) groups is 1. The molecule has 0 unspecified atom stereocenters.